The molecule has 0 radical (unpaired) electrons. The monoisotopic (exact) mass is 292 g/mol. The SMILES string of the molecule is S=c1nc(Nc2ccc(Cl)cc2)c2c([nH]1)CNCC2. The highest BCUT2D eigenvalue weighted by Crippen LogP contribution is 2.23. The lowest BCUT2D eigenvalue weighted by Gasteiger charge is -2.20. The van der Waals surface area contributed by atoms with Crippen LogP contribution >= 0.6 is 23.8 Å². The largest absolute Gasteiger partial charge is 0.340 e. The maximum absolute atomic E-state index is 5.88. The van der Waals surface area contributed by atoms with Crippen molar-refractivity contribution in [2.75, 3.05) is 11.9 Å². The van der Waals surface area contributed by atoms with Gasteiger partial charge in [-0.05, 0) is 49.4 Å². The van der Waals surface area contributed by atoms with E-state index in [4.69, 9.17) is 23.8 Å². The van der Waals surface area contributed by atoms with Crippen molar-refractivity contribution in [1.29, 1.82) is 0 Å². The van der Waals surface area contributed by atoms with Gasteiger partial charge in [0.15, 0.2) is 4.77 Å². The number of rotatable bonds is 2. The van der Waals surface area contributed by atoms with Crippen LogP contribution < -0.4 is 10.6 Å². The normalized spacial score (nSPS) is 13.9. The second-order valence-corrected chi connectivity index (χ2v) is 5.23. The molecule has 0 fully saturated rings. The van der Waals surface area contributed by atoms with Crippen LogP contribution in [-0.2, 0) is 13.0 Å². The zero-order valence-corrected chi connectivity index (χ0v) is 11.7. The smallest absolute Gasteiger partial charge is 0.199 e. The van der Waals surface area contributed by atoms with Crippen molar-refractivity contribution in [3.8, 4) is 0 Å². The first-order chi connectivity index (χ1) is 9.22. The Morgan fingerprint density at radius 1 is 1.26 bits per heavy atom. The predicted octanol–water partition coefficient (Wildman–Crippen LogP) is 3.18. The van der Waals surface area contributed by atoms with Crippen LogP contribution in [0.1, 0.15) is 11.3 Å². The Labute approximate surface area is 121 Å². The van der Waals surface area contributed by atoms with Gasteiger partial charge in [-0.3, -0.25) is 0 Å². The molecule has 1 aromatic heterocycles. The number of aromatic amines is 1. The first kappa shape index (κ1) is 12.6. The lowest BCUT2D eigenvalue weighted by Crippen LogP contribution is -2.26. The van der Waals surface area contributed by atoms with E-state index in [0.717, 1.165) is 41.7 Å². The molecule has 3 rings (SSSR count). The molecule has 98 valence electrons. The van der Waals surface area contributed by atoms with E-state index < -0.39 is 0 Å². The number of nitrogens with zero attached hydrogens (tertiary/aromatic N) is 1. The molecule has 4 nitrogen and oxygen atoms in total. The third-order valence-electron chi connectivity index (χ3n) is 3.08. The zero-order chi connectivity index (χ0) is 13.2. The van der Waals surface area contributed by atoms with Gasteiger partial charge < -0.3 is 15.6 Å². The standard InChI is InChI=1S/C13H13ClN4S/c14-8-1-3-9(4-2-8)16-12-10-5-6-15-7-11(10)17-13(19)18-12/h1-4,15H,5-7H2,(H2,16,17,18,19). The van der Waals surface area contributed by atoms with E-state index in [1.54, 1.807) is 0 Å². The van der Waals surface area contributed by atoms with E-state index in [1.165, 1.54) is 5.56 Å². The van der Waals surface area contributed by atoms with Crippen molar-refractivity contribution in [1.82, 2.24) is 15.3 Å². The summed E-state index contributed by atoms with van der Waals surface area (Å²) in [5.41, 5.74) is 3.27. The summed E-state index contributed by atoms with van der Waals surface area (Å²) in [7, 11) is 0. The highest BCUT2D eigenvalue weighted by molar-refractivity contribution is 7.71. The van der Waals surface area contributed by atoms with Crippen LogP contribution in [-0.4, -0.2) is 16.5 Å². The molecule has 0 bridgehead atoms. The fourth-order valence-electron chi connectivity index (χ4n) is 2.16. The van der Waals surface area contributed by atoms with Crippen LogP contribution in [0.3, 0.4) is 0 Å². The Balaban J connectivity index is 1.98. The molecule has 0 spiro atoms. The fourth-order valence-corrected chi connectivity index (χ4v) is 2.51. The fraction of sp³-hybridized carbons (Fsp3) is 0.231. The Morgan fingerprint density at radius 2 is 2.05 bits per heavy atom. The quantitative estimate of drug-likeness (QED) is 0.744. The van der Waals surface area contributed by atoms with E-state index >= 15 is 0 Å². The third-order valence-corrected chi connectivity index (χ3v) is 3.53. The molecule has 3 N–H and O–H groups in total. The minimum atomic E-state index is 0.499. The van der Waals surface area contributed by atoms with Crippen molar-refractivity contribution in [2.24, 2.45) is 0 Å². The number of aromatic nitrogens is 2. The molecular weight excluding hydrogens is 280 g/mol. The van der Waals surface area contributed by atoms with Crippen molar-refractivity contribution in [2.45, 2.75) is 13.0 Å². The molecule has 0 unspecified atom stereocenters. The minimum Gasteiger partial charge on any atom is -0.340 e. The maximum Gasteiger partial charge on any atom is 0.199 e. The molecule has 0 amide bonds. The second kappa shape index (κ2) is 5.28. The van der Waals surface area contributed by atoms with Gasteiger partial charge in [-0.15, -0.1) is 0 Å². The second-order valence-electron chi connectivity index (χ2n) is 4.41. The average Bonchev–Trinajstić information content (AvgIpc) is 2.41. The van der Waals surface area contributed by atoms with E-state index in [0.29, 0.717) is 4.77 Å². The van der Waals surface area contributed by atoms with Crippen molar-refractivity contribution in [3.63, 3.8) is 0 Å². The van der Waals surface area contributed by atoms with Crippen molar-refractivity contribution in [3.05, 3.63) is 45.3 Å². The van der Waals surface area contributed by atoms with Crippen LogP contribution in [0.2, 0.25) is 5.02 Å². The summed E-state index contributed by atoms with van der Waals surface area (Å²) < 4.78 is 0.499. The first-order valence-electron chi connectivity index (χ1n) is 6.08. The number of H-pyrrole nitrogens is 1. The summed E-state index contributed by atoms with van der Waals surface area (Å²) in [5.74, 6) is 0.836. The van der Waals surface area contributed by atoms with Crippen LogP contribution in [0.15, 0.2) is 24.3 Å². The molecule has 6 heteroatoms. The van der Waals surface area contributed by atoms with Gasteiger partial charge in [0.05, 0.1) is 0 Å². The Bertz CT molecular complexity index is 651. The van der Waals surface area contributed by atoms with E-state index in [1.807, 2.05) is 24.3 Å². The number of fused-ring (bicyclic) bond motifs is 1. The molecule has 1 aliphatic rings. The van der Waals surface area contributed by atoms with Gasteiger partial charge in [0.25, 0.3) is 0 Å². The number of anilines is 2. The Hall–Kier alpha value is -1.43. The molecular formula is C13H13ClN4S. The summed E-state index contributed by atoms with van der Waals surface area (Å²) in [6, 6.07) is 7.55. The van der Waals surface area contributed by atoms with Crippen LogP contribution in [0.5, 0.6) is 0 Å². The molecule has 2 heterocycles. The molecule has 19 heavy (non-hydrogen) atoms. The summed E-state index contributed by atoms with van der Waals surface area (Å²) in [6.45, 7) is 1.76. The van der Waals surface area contributed by atoms with Crippen molar-refractivity contribution >= 4 is 35.3 Å². The number of halogens is 1. The number of hydrogen-bond acceptors (Lipinski definition) is 4. The average molecular weight is 293 g/mol. The Morgan fingerprint density at radius 3 is 2.84 bits per heavy atom. The number of benzene rings is 1. The molecule has 1 aliphatic heterocycles. The maximum atomic E-state index is 5.88. The van der Waals surface area contributed by atoms with Gasteiger partial charge in [0.1, 0.15) is 5.82 Å². The zero-order valence-electron chi connectivity index (χ0n) is 10.2. The highest BCUT2D eigenvalue weighted by Gasteiger charge is 2.15. The van der Waals surface area contributed by atoms with Gasteiger partial charge in [-0.1, -0.05) is 11.6 Å². The summed E-state index contributed by atoms with van der Waals surface area (Å²) in [5, 5.41) is 7.35. The summed E-state index contributed by atoms with van der Waals surface area (Å²) in [4.78, 5) is 7.53. The lowest BCUT2D eigenvalue weighted by atomic mass is 10.1. The first-order valence-corrected chi connectivity index (χ1v) is 6.86. The lowest BCUT2D eigenvalue weighted by molar-refractivity contribution is 0.623. The Kier molecular flexibility index (Phi) is 3.50. The van der Waals surface area contributed by atoms with E-state index in [9.17, 15) is 0 Å². The summed E-state index contributed by atoms with van der Waals surface area (Å²) in [6.07, 6.45) is 0.935. The van der Waals surface area contributed by atoms with Crippen LogP contribution in [0, 0.1) is 4.77 Å². The number of hydrogen-bond donors (Lipinski definition) is 3. The van der Waals surface area contributed by atoms with Gasteiger partial charge in [-0.25, -0.2) is 4.98 Å². The van der Waals surface area contributed by atoms with Gasteiger partial charge in [0, 0.05) is 28.5 Å². The minimum absolute atomic E-state index is 0.499. The third kappa shape index (κ3) is 2.78. The van der Waals surface area contributed by atoms with E-state index in [-0.39, 0.29) is 0 Å². The summed E-state index contributed by atoms with van der Waals surface area (Å²) >= 11 is 11.0. The molecule has 0 aliphatic carbocycles. The molecule has 2 aromatic rings. The topological polar surface area (TPSA) is 52.7 Å². The molecule has 0 atom stereocenters. The number of nitrogens with one attached hydrogen (secondary N) is 3. The molecule has 0 saturated carbocycles. The van der Waals surface area contributed by atoms with Crippen LogP contribution in [0.4, 0.5) is 11.5 Å². The van der Waals surface area contributed by atoms with Gasteiger partial charge in [-0.2, -0.15) is 0 Å². The van der Waals surface area contributed by atoms with Gasteiger partial charge >= 0.3 is 0 Å². The van der Waals surface area contributed by atoms with Gasteiger partial charge in [0.2, 0.25) is 0 Å². The molecule has 0 saturated heterocycles. The molecule has 1 aromatic carbocycles. The highest BCUT2D eigenvalue weighted by atomic mass is 35.5. The van der Waals surface area contributed by atoms with E-state index in [2.05, 4.69) is 20.6 Å². The predicted molar refractivity (Wildman–Crippen MR) is 79.6 cm³/mol. The van der Waals surface area contributed by atoms with Crippen LogP contribution in [0.25, 0.3) is 0 Å². The van der Waals surface area contributed by atoms with Crippen molar-refractivity contribution < 1.29 is 0 Å².